The molecule has 4 nitrogen and oxygen atoms in total. The van der Waals surface area contributed by atoms with Crippen molar-refractivity contribution in [2.24, 2.45) is 4.99 Å². The number of benzene rings is 2. The van der Waals surface area contributed by atoms with E-state index in [-0.39, 0.29) is 0 Å². The predicted molar refractivity (Wildman–Crippen MR) is 95.7 cm³/mol. The lowest BCUT2D eigenvalue weighted by Gasteiger charge is -2.14. The Hall–Kier alpha value is -2.49. The first-order chi connectivity index (χ1) is 11.3. The molecule has 0 unspecified atom stereocenters. The minimum Gasteiger partial charge on any atom is -0.494 e. The van der Waals surface area contributed by atoms with Crippen LogP contribution in [-0.4, -0.2) is 19.1 Å². The van der Waals surface area contributed by atoms with Gasteiger partial charge in [-0.05, 0) is 25.5 Å². The Morgan fingerprint density at radius 2 is 1.70 bits per heavy atom. The molecule has 0 bridgehead atoms. The highest BCUT2D eigenvalue weighted by molar-refractivity contribution is 5.79. The van der Waals surface area contributed by atoms with E-state index in [0.29, 0.717) is 19.7 Å². The summed E-state index contributed by atoms with van der Waals surface area (Å²) in [4.78, 5) is 4.63. The van der Waals surface area contributed by atoms with Gasteiger partial charge < -0.3 is 15.4 Å². The maximum Gasteiger partial charge on any atom is 0.191 e. The van der Waals surface area contributed by atoms with Gasteiger partial charge in [-0.15, -0.1) is 0 Å². The lowest BCUT2D eigenvalue weighted by atomic mass is 10.2. The molecule has 23 heavy (non-hydrogen) atoms. The molecule has 0 atom stereocenters. The van der Waals surface area contributed by atoms with E-state index in [0.717, 1.165) is 23.8 Å². The predicted octanol–water partition coefficient (Wildman–Crippen LogP) is 3.34. The van der Waals surface area contributed by atoms with Gasteiger partial charge in [-0.2, -0.15) is 0 Å². The largest absolute Gasteiger partial charge is 0.494 e. The van der Waals surface area contributed by atoms with Crippen LogP contribution in [0.5, 0.6) is 5.75 Å². The number of hydrogen-bond acceptors (Lipinski definition) is 2. The third kappa shape index (κ3) is 5.66. The Bertz CT molecular complexity index is 611. The molecular weight excluding hydrogens is 286 g/mol. The fourth-order valence-electron chi connectivity index (χ4n) is 2.22. The molecule has 0 heterocycles. The lowest BCUT2D eigenvalue weighted by molar-refractivity contribution is 0.336. The van der Waals surface area contributed by atoms with Crippen LogP contribution < -0.4 is 15.4 Å². The molecule has 0 saturated carbocycles. The van der Waals surface area contributed by atoms with Crippen LogP contribution in [-0.2, 0) is 13.1 Å². The first-order valence-corrected chi connectivity index (χ1v) is 8.10. The molecule has 0 fully saturated rings. The smallest absolute Gasteiger partial charge is 0.191 e. The van der Waals surface area contributed by atoms with E-state index in [1.165, 1.54) is 5.56 Å². The number of ether oxygens (including phenoxy) is 1. The maximum atomic E-state index is 5.66. The highest BCUT2D eigenvalue weighted by Gasteiger charge is 2.04. The van der Waals surface area contributed by atoms with E-state index >= 15 is 0 Å². The molecule has 2 N–H and O–H groups in total. The standard InChI is InChI=1S/C19H25N3O/c1-3-20-19(21-14-16-10-6-5-7-11-16)22-15-17-12-8-9-13-18(17)23-4-2/h5-13H,3-4,14-15H2,1-2H3,(H2,20,21,22). The topological polar surface area (TPSA) is 45.7 Å². The molecule has 0 spiro atoms. The van der Waals surface area contributed by atoms with E-state index in [4.69, 9.17) is 4.74 Å². The van der Waals surface area contributed by atoms with Crippen LogP contribution in [0.2, 0.25) is 0 Å². The Labute approximate surface area is 138 Å². The van der Waals surface area contributed by atoms with Gasteiger partial charge in [-0.25, -0.2) is 4.99 Å². The van der Waals surface area contributed by atoms with E-state index in [9.17, 15) is 0 Å². The normalized spacial score (nSPS) is 11.1. The van der Waals surface area contributed by atoms with E-state index < -0.39 is 0 Å². The molecule has 0 amide bonds. The van der Waals surface area contributed by atoms with Gasteiger partial charge in [-0.1, -0.05) is 48.5 Å². The number of guanidine groups is 1. The molecule has 2 aromatic rings. The molecule has 0 radical (unpaired) electrons. The van der Waals surface area contributed by atoms with Crippen molar-refractivity contribution in [3.8, 4) is 5.75 Å². The number of hydrogen-bond donors (Lipinski definition) is 2. The van der Waals surface area contributed by atoms with Gasteiger partial charge in [-0.3, -0.25) is 0 Å². The zero-order chi connectivity index (χ0) is 16.3. The molecule has 0 aliphatic rings. The van der Waals surface area contributed by atoms with Crippen LogP contribution in [0.25, 0.3) is 0 Å². The summed E-state index contributed by atoms with van der Waals surface area (Å²) in [7, 11) is 0. The lowest BCUT2D eigenvalue weighted by Crippen LogP contribution is -2.36. The fraction of sp³-hybridized carbons (Fsp3) is 0.316. The SMILES string of the molecule is CCNC(=NCc1ccccc1)NCc1ccccc1OCC. The Balaban J connectivity index is 1.99. The molecule has 122 valence electrons. The summed E-state index contributed by atoms with van der Waals surface area (Å²) >= 11 is 0. The quantitative estimate of drug-likeness (QED) is 0.609. The number of nitrogens with one attached hydrogen (secondary N) is 2. The number of para-hydroxylation sites is 1. The van der Waals surface area contributed by atoms with Gasteiger partial charge in [0.2, 0.25) is 0 Å². The highest BCUT2D eigenvalue weighted by Crippen LogP contribution is 2.17. The third-order valence-corrected chi connectivity index (χ3v) is 3.33. The highest BCUT2D eigenvalue weighted by atomic mass is 16.5. The summed E-state index contributed by atoms with van der Waals surface area (Å²) in [6.45, 7) is 6.89. The Kier molecular flexibility index (Phi) is 6.98. The van der Waals surface area contributed by atoms with Crippen molar-refractivity contribution < 1.29 is 4.74 Å². The molecule has 4 heteroatoms. The van der Waals surface area contributed by atoms with Crippen molar-refractivity contribution in [3.05, 3.63) is 65.7 Å². The zero-order valence-electron chi connectivity index (χ0n) is 13.9. The Morgan fingerprint density at radius 3 is 2.43 bits per heavy atom. The Morgan fingerprint density at radius 1 is 0.957 bits per heavy atom. The average molecular weight is 311 g/mol. The minimum atomic E-state index is 0.656. The van der Waals surface area contributed by atoms with Gasteiger partial charge >= 0.3 is 0 Å². The molecule has 0 aromatic heterocycles. The van der Waals surface area contributed by atoms with Crippen LogP contribution >= 0.6 is 0 Å². The van der Waals surface area contributed by atoms with Gasteiger partial charge in [0.05, 0.1) is 13.2 Å². The average Bonchev–Trinajstić information content (AvgIpc) is 2.60. The fourth-order valence-corrected chi connectivity index (χ4v) is 2.22. The van der Waals surface area contributed by atoms with Crippen LogP contribution in [0.1, 0.15) is 25.0 Å². The van der Waals surface area contributed by atoms with Crippen molar-refractivity contribution in [2.75, 3.05) is 13.2 Å². The van der Waals surface area contributed by atoms with E-state index in [2.05, 4.69) is 40.7 Å². The summed E-state index contributed by atoms with van der Waals surface area (Å²) in [5.74, 6) is 1.73. The monoisotopic (exact) mass is 311 g/mol. The second kappa shape index (κ2) is 9.51. The van der Waals surface area contributed by atoms with E-state index in [1.54, 1.807) is 0 Å². The summed E-state index contributed by atoms with van der Waals surface area (Å²) in [6.07, 6.45) is 0. The summed E-state index contributed by atoms with van der Waals surface area (Å²) < 4.78 is 5.66. The third-order valence-electron chi connectivity index (χ3n) is 3.33. The number of nitrogens with zero attached hydrogens (tertiary/aromatic N) is 1. The van der Waals surface area contributed by atoms with Gasteiger partial charge in [0, 0.05) is 18.7 Å². The molecule has 0 aliphatic heterocycles. The van der Waals surface area contributed by atoms with Crippen molar-refractivity contribution in [1.82, 2.24) is 10.6 Å². The summed E-state index contributed by atoms with van der Waals surface area (Å²) in [6, 6.07) is 18.3. The maximum absolute atomic E-state index is 5.66. The molecule has 0 aliphatic carbocycles. The van der Waals surface area contributed by atoms with Crippen molar-refractivity contribution in [3.63, 3.8) is 0 Å². The van der Waals surface area contributed by atoms with Crippen molar-refractivity contribution >= 4 is 5.96 Å². The van der Waals surface area contributed by atoms with Crippen LogP contribution in [0.4, 0.5) is 0 Å². The van der Waals surface area contributed by atoms with Gasteiger partial charge in [0.25, 0.3) is 0 Å². The number of rotatable bonds is 7. The molecule has 2 rings (SSSR count). The summed E-state index contributed by atoms with van der Waals surface area (Å²) in [5, 5.41) is 6.64. The minimum absolute atomic E-state index is 0.656. The van der Waals surface area contributed by atoms with Crippen molar-refractivity contribution in [2.45, 2.75) is 26.9 Å². The van der Waals surface area contributed by atoms with Gasteiger partial charge in [0.15, 0.2) is 5.96 Å². The number of aliphatic imine (C=N–C) groups is 1. The van der Waals surface area contributed by atoms with Crippen LogP contribution in [0, 0.1) is 0 Å². The molecule has 0 saturated heterocycles. The van der Waals surface area contributed by atoms with Crippen molar-refractivity contribution in [1.29, 1.82) is 0 Å². The first-order valence-electron chi connectivity index (χ1n) is 8.10. The molecule has 2 aromatic carbocycles. The molecular formula is C19H25N3O. The van der Waals surface area contributed by atoms with Crippen LogP contribution in [0.15, 0.2) is 59.6 Å². The summed E-state index contributed by atoms with van der Waals surface area (Å²) in [5.41, 5.74) is 2.32. The first kappa shape index (κ1) is 16.9. The second-order valence-electron chi connectivity index (χ2n) is 5.08. The van der Waals surface area contributed by atoms with E-state index in [1.807, 2.05) is 43.3 Å². The second-order valence-corrected chi connectivity index (χ2v) is 5.08. The van der Waals surface area contributed by atoms with Crippen LogP contribution in [0.3, 0.4) is 0 Å². The zero-order valence-corrected chi connectivity index (χ0v) is 13.9. The van der Waals surface area contributed by atoms with Gasteiger partial charge in [0.1, 0.15) is 5.75 Å².